The third-order valence-electron chi connectivity index (χ3n) is 16.7. The number of benzene rings is 6. The van der Waals surface area contributed by atoms with Gasteiger partial charge in [-0.1, -0.05) is 87.0 Å². The van der Waals surface area contributed by atoms with Crippen molar-refractivity contribution in [2.45, 2.75) is 96.9 Å². The molecule has 15 nitrogen and oxygen atoms in total. The van der Waals surface area contributed by atoms with Gasteiger partial charge in [0.25, 0.3) is 16.7 Å². The molecule has 0 N–H and O–H groups in total. The Balaban J connectivity index is 0.000000159. The molecular formula is C75H73ClF7N3O12. The minimum absolute atomic E-state index is 0.151. The highest BCUT2D eigenvalue weighted by atomic mass is 35.5. The SMILES string of the molecule is COc1cc(-n2ccc(OCc3ccc(Cl)cc3)cc2=O)ccc1OCC1(C)CC(F)(F)C1.COc1cc(-n2ccc(OCc3ccc(F)cc3)cc2=O)ccc1OCC1(C)CC(F)(F)C1.COc1cc(-n2ccc(OCc3ccccc3)cc2=O)ccc1OCC1(C)CC(F)(F)C1. The van der Waals surface area contributed by atoms with Gasteiger partial charge >= 0.3 is 0 Å². The summed E-state index contributed by atoms with van der Waals surface area (Å²) in [5, 5.41) is 0.645. The first-order valence-corrected chi connectivity index (χ1v) is 31.6. The number of ether oxygens (including phenoxy) is 9. The molecule has 3 heterocycles. The van der Waals surface area contributed by atoms with Gasteiger partial charge in [-0.2, -0.15) is 0 Å². The molecule has 0 atom stereocenters. The van der Waals surface area contributed by atoms with E-state index in [4.69, 9.17) is 54.2 Å². The second-order valence-electron chi connectivity index (χ2n) is 25.7. The zero-order chi connectivity index (χ0) is 70.0. The molecule has 0 spiro atoms. The molecule has 9 aromatic rings. The number of methoxy groups -OCH3 is 3. The smallest absolute Gasteiger partial charge is 0.258 e. The molecular weight excluding hydrogens is 1300 g/mol. The van der Waals surface area contributed by atoms with Crippen molar-refractivity contribution in [3.63, 3.8) is 0 Å². The number of rotatable bonds is 24. The molecule has 12 rings (SSSR count). The summed E-state index contributed by atoms with van der Waals surface area (Å²) in [4.78, 5) is 37.9. The largest absolute Gasteiger partial charge is 0.493 e. The van der Waals surface area contributed by atoms with Crippen LogP contribution in [0.3, 0.4) is 0 Å². The van der Waals surface area contributed by atoms with Crippen LogP contribution in [0.1, 0.15) is 76.0 Å². The second kappa shape index (κ2) is 29.9. The van der Waals surface area contributed by atoms with E-state index in [1.54, 1.807) is 136 Å². The van der Waals surface area contributed by atoms with E-state index in [0.717, 1.165) is 16.7 Å². The van der Waals surface area contributed by atoms with Crippen LogP contribution >= 0.6 is 11.6 Å². The standard InChI is InChI=1S/C25H24ClF2NO4.C25H24F3NO4.C25H25F2NO4/c2*1-24(14-25(27,28)15-24)16-33-21-8-7-19(11-22(21)31-2)29-10-9-20(12-23(29)30)32-13-17-3-5-18(26)6-4-17;1-24(15-25(26,27)16-24)17-32-21-9-8-19(12-22(21)30-2)28-11-10-20(13-23(28)29)31-14-18-6-4-3-5-7-18/h2*3-12H,13-16H2,1-2H3;3-13H,14-17H2,1-2H3. The van der Waals surface area contributed by atoms with E-state index in [2.05, 4.69) is 0 Å². The molecule has 3 aliphatic rings. The molecule has 0 aliphatic heterocycles. The lowest BCUT2D eigenvalue weighted by Crippen LogP contribution is -2.47. The Hall–Kier alpha value is -9.83. The van der Waals surface area contributed by atoms with Crippen molar-refractivity contribution < 1.29 is 73.4 Å². The molecule has 0 amide bonds. The second-order valence-corrected chi connectivity index (χ2v) is 26.2. The van der Waals surface area contributed by atoms with Gasteiger partial charge in [-0.05, 0) is 95.6 Å². The fourth-order valence-electron chi connectivity index (χ4n) is 12.0. The Morgan fingerprint density at radius 1 is 0.367 bits per heavy atom. The number of alkyl halides is 6. The van der Waals surface area contributed by atoms with Crippen molar-refractivity contribution >= 4 is 11.6 Å². The van der Waals surface area contributed by atoms with Crippen LogP contribution in [0.2, 0.25) is 5.02 Å². The minimum Gasteiger partial charge on any atom is -0.493 e. The molecule has 3 saturated carbocycles. The zero-order valence-electron chi connectivity index (χ0n) is 54.6. The van der Waals surface area contributed by atoms with Gasteiger partial charge in [0.2, 0.25) is 17.8 Å². The molecule has 98 heavy (non-hydrogen) atoms. The highest BCUT2D eigenvalue weighted by Gasteiger charge is 2.56. The first-order valence-electron chi connectivity index (χ1n) is 31.3. The van der Waals surface area contributed by atoms with E-state index >= 15 is 0 Å². The van der Waals surface area contributed by atoms with Gasteiger partial charge in [-0.15, -0.1) is 0 Å². The van der Waals surface area contributed by atoms with E-state index in [1.807, 2.05) is 42.5 Å². The van der Waals surface area contributed by atoms with E-state index in [1.165, 1.54) is 65.4 Å². The van der Waals surface area contributed by atoms with Crippen LogP contribution < -0.4 is 59.3 Å². The van der Waals surface area contributed by atoms with E-state index in [-0.39, 0.29) is 87.4 Å². The third kappa shape index (κ3) is 18.6. The predicted octanol–water partition coefficient (Wildman–Crippen LogP) is 16.5. The van der Waals surface area contributed by atoms with Crippen molar-refractivity contribution in [3.05, 3.63) is 247 Å². The lowest BCUT2D eigenvalue weighted by molar-refractivity contribution is -0.165. The number of halogens is 8. The van der Waals surface area contributed by atoms with Gasteiger partial charge in [0.15, 0.2) is 34.5 Å². The van der Waals surface area contributed by atoms with Crippen LogP contribution in [0, 0.1) is 22.1 Å². The van der Waals surface area contributed by atoms with Crippen molar-refractivity contribution in [1.82, 2.24) is 13.7 Å². The number of aromatic nitrogens is 3. The molecule has 6 aromatic carbocycles. The summed E-state index contributed by atoms with van der Waals surface area (Å²) >= 11 is 5.88. The molecule has 3 fully saturated rings. The van der Waals surface area contributed by atoms with E-state index in [9.17, 15) is 45.1 Å². The molecule has 516 valence electrons. The lowest BCUT2D eigenvalue weighted by Gasteiger charge is -2.44. The zero-order valence-corrected chi connectivity index (χ0v) is 55.4. The quantitative estimate of drug-likeness (QED) is 0.0530. The Morgan fingerprint density at radius 3 is 0.949 bits per heavy atom. The Morgan fingerprint density at radius 2 is 0.663 bits per heavy atom. The average Bonchev–Trinajstić information content (AvgIpc) is 0.786. The van der Waals surface area contributed by atoms with Crippen LogP contribution in [0.4, 0.5) is 30.7 Å². The minimum atomic E-state index is -2.62. The highest BCUT2D eigenvalue weighted by molar-refractivity contribution is 6.30. The average molecular weight is 1380 g/mol. The Labute approximate surface area is 566 Å². The third-order valence-corrected chi connectivity index (χ3v) is 16.9. The summed E-state index contributed by atoms with van der Waals surface area (Å²) < 4.78 is 147. The highest BCUT2D eigenvalue weighted by Crippen LogP contribution is 2.54. The summed E-state index contributed by atoms with van der Waals surface area (Å²) in [6.45, 7) is 6.70. The van der Waals surface area contributed by atoms with Gasteiger partial charge in [0.05, 0.1) is 58.2 Å². The van der Waals surface area contributed by atoms with Crippen LogP contribution in [0.15, 0.2) is 203 Å². The summed E-state index contributed by atoms with van der Waals surface area (Å²) in [5.41, 5.74) is 1.91. The number of hydrogen-bond acceptors (Lipinski definition) is 12. The first-order chi connectivity index (χ1) is 46.6. The fraction of sp³-hybridized carbons (Fsp3) is 0.320. The first kappa shape index (κ1) is 71.0. The fourth-order valence-corrected chi connectivity index (χ4v) is 12.1. The number of pyridine rings is 3. The Kier molecular flexibility index (Phi) is 21.6. The van der Waals surface area contributed by atoms with Crippen LogP contribution in [-0.4, -0.2) is 72.6 Å². The van der Waals surface area contributed by atoms with E-state index < -0.39 is 34.0 Å². The van der Waals surface area contributed by atoms with Crippen molar-refractivity contribution in [1.29, 1.82) is 0 Å². The normalized spacial score (nSPS) is 16.1. The maximum absolute atomic E-state index is 13.2. The van der Waals surface area contributed by atoms with Crippen LogP contribution in [0.5, 0.6) is 51.7 Å². The van der Waals surface area contributed by atoms with Gasteiger partial charge in [-0.25, -0.2) is 30.7 Å². The number of hydrogen-bond donors (Lipinski definition) is 0. The molecule has 0 bridgehead atoms. The van der Waals surface area contributed by atoms with Gasteiger partial charge in [-0.3, -0.25) is 28.1 Å². The maximum atomic E-state index is 13.2. The van der Waals surface area contributed by atoms with Crippen LogP contribution in [-0.2, 0) is 19.8 Å². The topological polar surface area (TPSA) is 149 Å². The van der Waals surface area contributed by atoms with Gasteiger partial charge < -0.3 is 42.6 Å². The predicted molar refractivity (Wildman–Crippen MR) is 356 cm³/mol. The summed E-state index contributed by atoms with van der Waals surface area (Å²) in [6.07, 6.45) is 3.67. The van der Waals surface area contributed by atoms with Crippen molar-refractivity contribution in [2.24, 2.45) is 16.2 Å². The summed E-state index contributed by atoms with van der Waals surface area (Å²) in [5.74, 6) is -4.32. The number of nitrogens with zero attached hydrogens (tertiary/aromatic N) is 3. The summed E-state index contributed by atoms with van der Waals surface area (Å²) in [6, 6.07) is 47.3. The van der Waals surface area contributed by atoms with Gasteiger partial charge in [0, 0.05) is 115 Å². The van der Waals surface area contributed by atoms with Crippen molar-refractivity contribution in [3.8, 4) is 68.8 Å². The maximum Gasteiger partial charge on any atom is 0.258 e. The molecule has 3 aromatic heterocycles. The summed E-state index contributed by atoms with van der Waals surface area (Å²) in [7, 11) is 4.45. The van der Waals surface area contributed by atoms with Crippen molar-refractivity contribution in [2.75, 3.05) is 41.2 Å². The molecule has 0 unspecified atom stereocenters. The molecule has 0 saturated heterocycles. The molecule has 23 heteroatoms. The van der Waals surface area contributed by atoms with Gasteiger partial charge in [0.1, 0.15) is 42.9 Å². The Bertz CT molecular complexity index is 4200. The molecule has 0 radical (unpaired) electrons. The monoisotopic (exact) mass is 1380 g/mol. The molecule has 3 aliphatic carbocycles. The van der Waals surface area contributed by atoms with Crippen LogP contribution in [0.25, 0.3) is 17.1 Å². The lowest BCUT2D eigenvalue weighted by atomic mass is 9.68. The van der Waals surface area contributed by atoms with E-state index in [0.29, 0.717) is 87.0 Å².